The van der Waals surface area contributed by atoms with Crippen LogP contribution in [0.1, 0.15) is 208 Å². The fraction of sp³-hybridized carbons (Fsp3) is 0.915. The van der Waals surface area contributed by atoms with Gasteiger partial charge in [-0.15, -0.1) is 0 Å². The van der Waals surface area contributed by atoms with E-state index in [0.29, 0.717) is 36.2 Å². The third-order valence-corrected chi connectivity index (χ3v) is 13.4. The van der Waals surface area contributed by atoms with Crippen LogP contribution in [-0.4, -0.2) is 61.9 Å². The van der Waals surface area contributed by atoms with Gasteiger partial charge < -0.3 is 25.6 Å². The molecule has 3 unspecified atom stereocenters. The summed E-state index contributed by atoms with van der Waals surface area (Å²) >= 11 is 0. The second-order valence-electron chi connectivity index (χ2n) is 17.5. The Kier molecular flexibility index (Phi) is 32.7. The van der Waals surface area contributed by atoms with Gasteiger partial charge in [-0.25, -0.2) is 0 Å². The van der Waals surface area contributed by atoms with E-state index in [1.165, 1.54) is 116 Å². The summed E-state index contributed by atoms with van der Waals surface area (Å²) in [6.45, 7) is 19.8. The maximum atomic E-state index is 12.2. The predicted octanol–water partition coefficient (Wildman–Crippen LogP) is 12.5. The second kappa shape index (κ2) is 33.2. The molecule has 0 aromatic rings. The Morgan fingerprint density at radius 3 is 1.70 bits per heavy atom. The summed E-state index contributed by atoms with van der Waals surface area (Å²) in [5.41, 5.74) is 0.998. The third-order valence-electron chi connectivity index (χ3n) is 13.4. The Labute approximate surface area is 348 Å². The molecule has 3 atom stereocenters. The Hall–Kier alpha value is -0.777. The Balaban J connectivity index is 0.00000166. The van der Waals surface area contributed by atoms with Crippen molar-refractivity contribution in [1.82, 2.24) is 4.90 Å². The average molecular weight is 813 g/mol. The van der Waals surface area contributed by atoms with Crippen molar-refractivity contribution in [2.45, 2.75) is 208 Å². The Morgan fingerprint density at radius 2 is 1.22 bits per heavy atom. The predicted molar refractivity (Wildman–Crippen MR) is 224 cm³/mol. The zero-order chi connectivity index (χ0) is 39.2. The van der Waals surface area contributed by atoms with E-state index in [4.69, 9.17) is 14.6 Å². The van der Waals surface area contributed by atoms with Crippen LogP contribution < -0.4 is 0 Å². The number of unbranched alkanes of at least 4 members (excludes halogenated alkanes) is 13. The molecule has 0 heterocycles. The summed E-state index contributed by atoms with van der Waals surface area (Å²) in [6, 6.07) is 0. The van der Waals surface area contributed by atoms with Gasteiger partial charge in [0.25, 0.3) is 0 Å². The number of carbonyl (C=O) groups excluding carboxylic acids is 2. The molecule has 7 heteroatoms. The van der Waals surface area contributed by atoms with E-state index in [1.54, 1.807) is 0 Å². The van der Waals surface area contributed by atoms with Crippen LogP contribution in [0.25, 0.3) is 0 Å². The molecule has 0 aliphatic heterocycles. The van der Waals surface area contributed by atoms with Crippen LogP contribution >= 0.6 is 0 Å². The van der Waals surface area contributed by atoms with Crippen molar-refractivity contribution in [2.24, 2.45) is 28.6 Å². The first-order valence-corrected chi connectivity index (χ1v) is 22.6. The number of hydrogen-bond acceptors (Lipinski definition) is 6. The molecule has 0 aromatic heterocycles. The van der Waals surface area contributed by atoms with Crippen molar-refractivity contribution in [3.05, 3.63) is 12.7 Å². The number of fused-ring (bicyclic) bond motifs is 2. The minimum atomic E-state index is -0.107. The maximum Gasteiger partial charge on any atom is 0.305 e. The van der Waals surface area contributed by atoms with Crippen LogP contribution in [0.4, 0.5) is 0 Å². The summed E-state index contributed by atoms with van der Waals surface area (Å²) in [6.07, 6.45) is 34.2. The molecule has 6 nitrogen and oxygen atoms in total. The number of hydrogen-bond donors (Lipinski definition) is 1. The summed E-state index contributed by atoms with van der Waals surface area (Å²) in [7, 11) is 1.45. The van der Waals surface area contributed by atoms with E-state index in [2.05, 4.69) is 52.2 Å². The van der Waals surface area contributed by atoms with Crippen molar-refractivity contribution in [3.63, 3.8) is 0 Å². The second-order valence-corrected chi connectivity index (χ2v) is 17.5. The Bertz CT molecular complexity index is 918. The molecule has 2 fully saturated rings. The first kappa shape index (κ1) is 53.2. The molecular formula is C47H88NO5Zn-. The fourth-order valence-corrected chi connectivity index (χ4v) is 9.21. The molecule has 2 bridgehead atoms. The number of methoxy groups -OCH3 is 1. The first-order chi connectivity index (χ1) is 25.6. The number of aliphatic hydroxyl groups is 1. The number of aliphatic hydroxyl groups excluding tert-OH is 1. The summed E-state index contributed by atoms with van der Waals surface area (Å²) in [5.74, 6) is 2.51. The number of nitrogens with zero attached hydrogens (tertiary/aromatic N) is 1. The monoisotopic (exact) mass is 811 g/mol. The van der Waals surface area contributed by atoms with Gasteiger partial charge in [-0.05, 0) is 107 Å². The van der Waals surface area contributed by atoms with Crippen molar-refractivity contribution >= 4 is 11.9 Å². The molecule has 0 saturated heterocycles. The molecule has 0 spiro atoms. The average Bonchev–Trinajstić information content (AvgIpc) is 3.71. The van der Waals surface area contributed by atoms with Crippen LogP contribution in [0.5, 0.6) is 0 Å². The zero-order valence-electron chi connectivity index (χ0n) is 36.8. The van der Waals surface area contributed by atoms with Crippen LogP contribution in [-0.2, 0) is 38.5 Å². The number of allylic oxidation sites excluding steroid dienone is 1. The van der Waals surface area contributed by atoms with Gasteiger partial charge in [-0.1, -0.05) is 130 Å². The van der Waals surface area contributed by atoms with Crippen LogP contribution in [0.15, 0.2) is 6.58 Å². The van der Waals surface area contributed by atoms with E-state index in [1.807, 2.05) is 0 Å². The smallest absolute Gasteiger partial charge is 0.305 e. The minimum absolute atomic E-state index is 0. The first-order valence-electron chi connectivity index (χ1n) is 22.6. The van der Waals surface area contributed by atoms with Gasteiger partial charge in [-0.3, -0.25) is 16.2 Å². The van der Waals surface area contributed by atoms with Crippen molar-refractivity contribution in [1.29, 1.82) is 0 Å². The summed E-state index contributed by atoms with van der Waals surface area (Å²) < 4.78 is 10.3. The van der Waals surface area contributed by atoms with Gasteiger partial charge in [0, 0.05) is 38.9 Å². The quantitative estimate of drug-likeness (QED) is 0.0308. The standard InChI is InChI=1S/C34H67NO5.C13H21.Zn/c1-4-6-14-22-32(23-15-7-5-2)26-31-40-34(38)25-17-11-9-13-19-28-35(29-20-21-30-36)27-18-12-8-10-16-24-33(37)39-3;1-5-8-13(4)11-7-6-10(9-11)12(13,2)3;/h32,36H,4-31H2,1-3H3;10-11H,1,6-9H2,2-4H3;/q;-1;. The molecule has 0 amide bonds. The van der Waals surface area contributed by atoms with E-state index >= 15 is 0 Å². The van der Waals surface area contributed by atoms with Crippen LogP contribution in [0.2, 0.25) is 0 Å². The van der Waals surface area contributed by atoms with E-state index in [-0.39, 0.29) is 38.0 Å². The number of ether oxygens (including phenoxy) is 2. The van der Waals surface area contributed by atoms with Crippen molar-refractivity contribution in [3.8, 4) is 0 Å². The molecule has 2 rings (SSSR count). The molecule has 2 aliphatic rings. The molecular weight excluding hydrogens is 724 g/mol. The number of esters is 2. The Morgan fingerprint density at radius 1 is 0.722 bits per heavy atom. The van der Waals surface area contributed by atoms with Crippen LogP contribution in [0, 0.1) is 34.7 Å². The fourth-order valence-electron chi connectivity index (χ4n) is 9.21. The molecule has 2 aliphatic carbocycles. The number of carbonyl (C=O) groups is 2. The summed E-state index contributed by atoms with van der Waals surface area (Å²) in [4.78, 5) is 26.0. The minimum Gasteiger partial charge on any atom is -0.503 e. The number of rotatable bonds is 33. The van der Waals surface area contributed by atoms with E-state index in [9.17, 15) is 9.59 Å². The van der Waals surface area contributed by atoms with Crippen molar-refractivity contribution < 1.29 is 43.6 Å². The van der Waals surface area contributed by atoms with Gasteiger partial charge in [-0.2, -0.15) is 6.42 Å². The van der Waals surface area contributed by atoms with Crippen molar-refractivity contribution in [2.75, 3.05) is 40.0 Å². The zero-order valence-corrected chi connectivity index (χ0v) is 39.8. The van der Waals surface area contributed by atoms with Gasteiger partial charge in [0.2, 0.25) is 0 Å². The van der Waals surface area contributed by atoms with Gasteiger partial charge in [0.15, 0.2) is 0 Å². The molecule has 314 valence electrons. The van der Waals surface area contributed by atoms with Gasteiger partial charge in [0.1, 0.15) is 0 Å². The third kappa shape index (κ3) is 22.2. The molecule has 1 N–H and O–H groups in total. The summed E-state index contributed by atoms with van der Waals surface area (Å²) in [5, 5.41) is 9.14. The molecule has 54 heavy (non-hydrogen) atoms. The molecule has 0 radical (unpaired) electrons. The van der Waals surface area contributed by atoms with Crippen LogP contribution in [0.3, 0.4) is 0 Å². The van der Waals surface area contributed by atoms with Gasteiger partial charge in [0.05, 0.1) is 13.7 Å². The van der Waals surface area contributed by atoms with E-state index in [0.717, 1.165) is 82.8 Å². The van der Waals surface area contributed by atoms with E-state index < -0.39 is 0 Å². The SMILES string of the molecule is C=[C-]CC1(C)C2CCC(C2)C1(C)C.CCCCCC(CCCCC)CCOC(=O)CCCCCCCN(CCCCO)CCCCCCCC(=O)OC.[Zn]. The normalized spacial score (nSPS) is 19.7. The molecule has 0 aromatic carbocycles. The largest absolute Gasteiger partial charge is 0.503 e. The van der Waals surface area contributed by atoms with Gasteiger partial charge >= 0.3 is 11.9 Å². The topological polar surface area (TPSA) is 76.1 Å². The molecule has 2 saturated carbocycles. The maximum absolute atomic E-state index is 12.2.